The molecule has 0 aliphatic carbocycles. The number of rotatable bonds is 6. The summed E-state index contributed by atoms with van der Waals surface area (Å²) in [5.41, 5.74) is 1.32. The van der Waals surface area contributed by atoms with Crippen LogP contribution in [0.15, 0.2) is 41.3 Å². The molecule has 2 aromatic carbocycles. The number of phenols is 1. The van der Waals surface area contributed by atoms with Crippen LogP contribution in [-0.2, 0) is 10.1 Å². The van der Waals surface area contributed by atoms with Crippen molar-refractivity contribution in [3.63, 3.8) is 0 Å². The van der Waals surface area contributed by atoms with E-state index in [4.69, 9.17) is 8.92 Å². The monoisotopic (exact) mass is 364 g/mol. The average molecular weight is 364 g/mol. The summed E-state index contributed by atoms with van der Waals surface area (Å²) < 4.78 is 35.4. The molecule has 0 radical (unpaired) electrons. The molecule has 136 valence electrons. The van der Waals surface area contributed by atoms with E-state index >= 15 is 0 Å². The van der Waals surface area contributed by atoms with Gasteiger partial charge in [0.2, 0.25) is 0 Å². The molecule has 0 saturated carbocycles. The van der Waals surface area contributed by atoms with Crippen LogP contribution in [0.1, 0.15) is 50.7 Å². The van der Waals surface area contributed by atoms with Crippen molar-refractivity contribution in [2.45, 2.75) is 44.4 Å². The summed E-state index contributed by atoms with van der Waals surface area (Å²) >= 11 is 0. The lowest BCUT2D eigenvalue weighted by Gasteiger charge is -2.17. The van der Waals surface area contributed by atoms with Gasteiger partial charge in [-0.05, 0) is 48.2 Å². The first-order chi connectivity index (χ1) is 11.7. The van der Waals surface area contributed by atoms with Crippen molar-refractivity contribution < 1.29 is 22.4 Å². The van der Waals surface area contributed by atoms with E-state index in [2.05, 4.69) is 0 Å². The first-order valence-electron chi connectivity index (χ1n) is 8.11. The molecular formula is C19H24O5S. The number of phenolic OH excluding ortho intramolecular Hbond substituents is 1. The molecule has 0 aromatic heterocycles. The highest BCUT2D eigenvalue weighted by atomic mass is 32.2. The second-order valence-electron chi connectivity index (χ2n) is 6.47. The van der Waals surface area contributed by atoms with Gasteiger partial charge in [-0.1, -0.05) is 27.7 Å². The summed E-state index contributed by atoms with van der Waals surface area (Å²) in [6.07, 6.45) is 0. The maximum atomic E-state index is 12.5. The normalized spacial score (nSPS) is 11.8. The lowest BCUT2D eigenvalue weighted by atomic mass is 9.93. The zero-order chi connectivity index (χ0) is 18.8. The van der Waals surface area contributed by atoms with Crippen molar-refractivity contribution in [2.24, 2.45) is 0 Å². The van der Waals surface area contributed by atoms with E-state index in [1.54, 1.807) is 24.3 Å². The smallest absolute Gasteiger partial charge is 0.339 e. The zero-order valence-corrected chi connectivity index (χ0v) is 15.9. The average Bonchev–Trinajstić information content (AvgIpc) is 2.55. The minimum Gasteiger partial charge on any atom is -0.507 e. The van der Waals surface area contributed by atoms with Gasteiger partial charge in [0.1, 0.15) is 22.1 Å². The summed E-state index contributed by atoms with van der Waals surface area (Å²) in [7, 11) is -2.46. The van der Waals surface area contributed by atoms with Crippen molar-refractivity contribution in [2.75, 3.05) is 7.11 Å². The van der Waals surface area contributed by atoms with Crippen LogP contribution in [0.25, 0.3) is 0 Å². The summed E-state index contributed by atoms with van der Waals surface area (Å²) in [4.78, 5) is 0.0403. The second-order valence-corrected chi connectivity index (χ2v) is 8.02. The van der Waals surface area contributed by atoms with Crippen LogP contribution in [-0.4, -0.2) is 20.6 Å². The van der Waals surface area contributed by atoms with Crippen molar-refractivity contribution in [1.29, 1.82) is 0 Å². The van der Waals surface area contributed by atoms with Crippen molar-refractivity contribution in [1.82, 2.24) is 0 Å². The highest BCUT2D eigenvalue weighted by Crippen LogP contribution is 2.38. The molecule has 2 rings (SSSR count). The molecular weight excluding hydrogens is 340 g/mol. The van der Waals surface area contributed by atoms with E-state index in [-0.39, 0.29) is 28.2 Å². The molecule has 2 aromatic rings. The van der Waals surface area contributed by atoms with Crippen LogP contribution in [0.2, 0.25) is 0 Å². The van der Waals surface area contributed by atoms with E-state index in [9.17, 15) is 13.5 Å². The van der Waals surface area contributed by atoms with Crippen LogP contribution in [0.5, 0.6) is 17.2 Å². The molecule has 0 saturated heterocycles. The van der Waals surface area contributed by atoms with Gasteiger partial charge in [-0.15, -0.1) is 0 Å². The number of ether oxygens (including phenoxy) is 1. The van der Waals surface area contributed by atoms with E-state index in [1.807, 2.05) is 27.7 Å². The topological polar surface area (TPSA) is 72.8 Å². The van der Waals surface area contributed by atoms with Crippen molar-refractivity contribution in [3.05, 3.63) is 47.5 Å². The maximum Gasteiger partial charge on any atom is 0.339 e. The Bertz CT molecular complexity index is 808. The lowest BCUT2D eigenvalue weighted by molar-refractivity contribution is 0.414. The van der Waals surface area contributed by atoms with Gasteiger partial charge >= 0.3 is 10.1 Å². The zero-order valence-electron chi connectivity index (χ0n) is 15.1. The van der Waals surface area contributed by atoms with Crippen molar-refractivity contribution in [3.8, 4) is 17.2 Å². The van der Waals surface area contributed by atoms with Gasteiger partial charge in [-0.3, -0.25) is 0 Å². The van der Waals surface area contributed by atoms with Crippen LogP contribution >= 0.6 is 0 Å². The summed E-state index contributed by atoms with van der Waals surface area (Å²) in [5.74, 6) is 1.02. The highest BCUT2D eigenvalue weighted by Gasteiger charge is 2.21. The fraction of sp³-hybridized carbons (Fsp3) is 0.368. The Balaban J connectivity index is 2.44. The second kappa shape index (κ2) is 7.35. The van der Waals surface area contributed by atoms with E-state index < -0.39 is 10.1 Å². The highest BCUT2D eigenvalue weighted by molar-refractivity contribution is 7.87. The third kappa shape index (κ3) is 4.25. The molecule has 0 bridgehead atoms. The standard InChI is InChI=1S/C19H24O5S/c1-12(2)17-10-15(11-18(13(3)4)19(17)20)24-25(21,22)16-8-6-14(23-5)7-9-16/h6-13,20H,1-5H3. The lowest BCUT2D eigenvalue weighted by Crippen LogP contribution is -2.10. The first kappa shape index (κ1) is 19.1. The third-order valence-corrected chi connectivity index (χ3v) is 5.20. The van der Waals surface area contributed by atoms with Crippen LogP contribution in [0.3, 0.4) is 0 Å². The Kier molecular flexibility index (Phi) is 5.62. The molecule has 6 heteroatoms. The fourth-order valence-electron chi connectivity index (χ4n) is 2.50. The van der Waals surface area contributed by atoms with E-state index in [0.717, 1.165) is 0 Å². The number of benzene rings is 2. The molecule has 0 spiro atoms. The number of hydrogen-bond acceptors (Lipinski definition) is 5. The van der Waals surface area contributed by atoms with Crippen LogP contribution in [0.4, 0.5) is 0 Å². The largest absolute Gasteiger partial charge is 0.507 e. The molecule has 1 N–H and O–H groups in total. The van der Waals surface area contributed by atoms with Gasteiger partial charge in [-0.25, -0.2) is 0 Å². The molecule has 0 aliphatic rings. The SMILES string of the molecule is COc1ccc(S(=O)(=O)Oc2cc(C(C)C)c(O)c(C(C)C)c2)cc1. The first-order valence-corrected chi connectivity index (χ1v) is 9.52. The van der Waals surface area contributed by atoms with E-state index in [0.29, 0.717) is 16.9 Å². The van der Waals surface area contributed by atoms with Gasteiger partial charge in [0.05, 0.1) is 7.11 Å². The number of hydrogen-bond donors (Lipinski definition) is 1. The quantitative estimate of drug-likeness (QED) is 0.768. The van der Waals surface area contributed by atoms with Gasteiger partial charge in [0.25, 0.3) is 0 Å². The Hall–Kier alpha value is -2.21. The Morgan fingerprint density at radius 3 is 1.76 bits per heavy atom. The Morgan fingerprint density at radius 1 is 0.880 bits per heavy atom. The minimum absolute atomic E-state index is 0.0322. The number of aromatic hydroxyl groups is 1. The summed E-state index contributed by atoms with van der Waals surface area (Å²) in [6, 6.07) is 9.14. The molecule has 0 aliphatic heterocycles. The molecule has 0 amide bonds. The molecule has 5 nitrogen and oxygen atoms in total. The maximum absolute atomic E-state index is 12.5. The molecule has 0 unspecified atom stereocenters. The Labute approximate surface area is 149 Å². The minimum atomic E-state index is -3.97. The summed E-state index contributed by atoms with van der Waals surface area (Å²) in [5, 5.41) is 10.4. The van der Waals surface area contributed by atoms with Crippen molar-refractivity contribution >= 4 is 10.1 Å². The van der Waals surface area contributed by atoms with E-state index in [1.165, 1.54) is 19.2 Å². The molecule has 0 heterocycles. The predicted molar refractivity (Wildman–Crippen MR) is 97.1 cm³/mol. The number of methoxy groups -OCH3 is 1. The fourth-order valence-corrected chi connectivity index (χ4v) is 3.41. The predicted octanol–water partition coefficient (Wildman–Crippen LogP) is 4.42. The summed E-state index contributed by atoms with van der Waals surface area (Å²) in [6.45, 7) is 7.73. The molecule has 0 fully saturated rings. The third-order valence-electron chi connectivity index (χ3n) is 3.94. The molecule has 0 atom stereocenters. The molecule has 25 heavy (non-hydrogen) atoms. The van der Waals surface area contributed by atoms with Crippen LogP contribution < -0.4 is 8.92 Å². The van der Waals surface area contributed by atoms with Gasteiger partial charge in [0, 0.05) is 11.1 Å². The van der Waals surface area contributed by atoms with Gasteiger partial charge in [0.15, 0.2) is 0 Å². The Morgan fingerprint density at radius 2 is 1.36 bits per heavy atom. The van der Waals surface area contributed by atoms with Crippen LogP contribution in [0, 0.1) is 0 Å². The van der Waals surface area contributed by atoms with Gasteiger partial charge in [-0.2, -0.15) is 8.42 Å². The van der Waals surface area contributed by atoms with Gasteiger partial charge < -0.3 is 14.0 Å².